The summed E-state index contributed by atoms with van der Waals surface area (Å²) < 4.78 is 26.7. The first-order valence-electron chi connectivity index (χ1n) is 10.3. The highest BCUT2D eigenvalue weighted by Gasteiger charge is 2.57. The molecule has 2 heterocycles. The molecule has 0 unspecified atom stereocenters. The number of halogens is 2. The van der Waals surface area contributed by atoms with E-state index >= 15 is 0 Å². The Balaban J connectivity index is 0.00000109. The van der Waals surface area contributed by atoms with Crippen molar-refractivity contribution in [1.82, 2.24) is 15.1 Å². The monoisotopic (exact) mass is 393 g/mol. The van der Waals surface area contributed by atoms with Gasteiger partial charge in [-0.3, -0.25) is 9.59 Å². The second-order valence-electron chi connectivity index (χ2n) is 7.59. The van der Waals surface area contributed by atoms with Crippen LogP contribution in [0, 0.1) is 11.6 Å². The van der Waals surface area contributed by atoms with Gasteiger partial charge in [0, 0.05) is 25.7 Å². The van der Waals surface area contributed by atoms with E-state index in [0.717, 1.165) is 37.8 Å². The molecule has 0 aromatic heterocycles. The average Bonchev–Trinajstić information content (AvgIpc) is 2.68. The highest BCUT2D eigenvalue weighted by molar-refractivity contribution is 5.99. The van der Waals surface area contributed by atoms with Crippen LogP contribution in [0.5, 0.6) is 0 Å². The number of carbonyl (C=O) groups excluding carboxylic acids is 2. The summed E-state index contributed by atoms with van der Waals surface area (Å²) in [6, 6.07) is 3.76. The Morgan fingerprint density at radius 2 is 1.75 bits per heavy atom. The Bertz CT molecular complexity index is 730. The number of hydrogen-bond donors (Lipinski definition) is 1. The molecule has 0 radical (unpaired) electrons. The number of amides is 2. The molecule has 1 aromatic carbocycles. The van der Waals surface area contributed by atoms with Gasteiger partial charge in [0.25, 0.3) is 5.91 Å². The van der Waals surface area contributed by atoms with Gasteiger partial charge >= 0.3 is 0 Å². The quantitative estimate of drug-likeness (QED) is 0.859. The standard InChI is InChI=1S/C19H23F2N3O2.C2H6/c20-15-7-6-13(8-16(15)21)9-24-17(25)10-23(14-4-2-1-3-5-14)18(26)19(24)11-22-12-19;1-2/h6-8,14,22H,1-5,9-12H2;1-2H3. The molecule has 3 fully saturated rings. The van der Waals surface area contributed by atoms with Crippen LogP contribution in [0.2, 0.25) is 0 Å². The Morgan fingerprint density at radius 3 is 2.32 bits per heavy atom. The maximum absolute atomic E-state index is 13.5. The van der Waals surface area contributed by atoms with Gasteiger partial charge in [-0.1, -0.05) is 39.2 Å². The van der Waals surface area contributed by atoms with Crippen LogP contribution in [0.3, 0.4) is 0 Å². The van der Waals surface area contributed by atoms with Gasteiger partial charge in [0.05, 0.1) is 0 Å². The first-order valence-corrected chi connectivity index (χ1v) is 10.3. The summed E-state index contributed by atoms with van der Waals surface area (Å²) in [5, 5.41) is 3.11. The van der Waals surface area contributed by atoms with Gasteiger partial charge in [-0.05, 0) is 30.5 Å². The molecular formula is C21H29F2N3O2. The maximum atomic E-state index is 13.5. The SMILES string of the molecule is CC.O=C1CN(C2CCCCC2)C(=O)C2(CNC2)N1Cc1ccc(F)c(F)c1. The molecule has 1 aromatic rings. The number of piperazine rings is 1. The summed E-state index contributed by atoms with van der Waals surface area (Å²) in [6.45, 7) is 5.01. The molecule has 154 valence electrons. The van der Waals surface area contributed by atoms with Gasteiger partial charge in [-0.25, -0.2) is 8.78 Å². The molecule has 1 N–H and O–H groups in total. The molecule has 0 atom stereocenters. The minimum atomic E-state index is -0.942. The molecular weight excluding hydrogens is 364 g/mol. The highest BCUT2D eigenvalue weighted by Crippen LogP contribution is 2.34. The van der Waals surface area contributed by atoms with Crippen molar-refractivity contribution in [2.24, 2.45) is 0 Å². The van der Waals surface area contributed by atoms with E-state index in [4.69, 9.17) is 0 Å². The summed E-state index contributed by atoms with van der Waals surface area (Å²) in [5.41, 5.74) is -0.403. The van der Waals surface area contributed by atoms with E-state index in [0.29, 0.717) is 18.7 Å². The average molecular weight is 393 g/mol. The van der Waals surface area contributed by atoms with Crippen LogP contribution in [0.25, 0.3) is 0 Å². The second kappa shape index (κ2) is 8.55. The van der Waals surface area contributed by atoms with Crippen molar-refractivity contribution in [3.8, 4) is 0 Å². The van der Waals surface area contributed by atoms with Crippen LogP contribution >= 0.6 is 0 Å². The number of carbonyl (C=O) groups is 2. The van der Waals surface area contributed by atoms with E-state index in [1.807, 2.05) is 13.8 Å². The van der Waals surface area contributed by atoms with Crippen LogP contribution in [0.4, 0.5) is 8.78 Å². The van der Waals surface area contributed by atoms with E-state index in [1.54, 1.807) is 9.80 Å². The molecule has 1 saturated carbocycles. The van der Waals surface area contributed by atoms with Gasteiger partial charge in [0.15, 0.2) is 11.6 Å². The van der Waals surface area contributed by atoms with E-state index < -0.39 is 17.2 Å². The van der Waals surface area contributed by atoms with E-state index in [2.05, 4.69) is 5.32 Å². The summed E-state index contributed by atoms with van der Waals surface area (Å²) in [6.07, 6.45) is 5.26. The van der Waals surface area contributed by atoms with Crippen LogP contribution in [-0.4, -0.2) is 52.8 Å². The first kappa shape index (κ1) is 20.7. The largest absolute Gasteiger partial charge is 0.328 e. The van der Waals surface area contributed by atoms with Crippen molar-refractivity contribution in [2.45, 2.75) is 64.1 Å². The van der Waals surface area contributed by atoms with Crippen molar-refractivity contribution in [3.63, 3.8) is 0 Å². The summed E-state index contributed by atoms with van der Waals surface area (Å²) in [7, 11) is 0. The first-order chi connectivity index (χ1) is 13.5. The predicted octanol–water partition coefficient (Wildman–Crippen LogP) is 2.84. The molecule has 28 heavy (non-hydrogen) atoms. The zero-order valence-electron chi connectivity index (χ0n) is 16.6. The highest BCUT2D eigenvalue weighted by atomic mass is 19.2. The molecule has 2 aliphatic heterocycles. The van der Waals surface area contributed by atoms with Gasteiger partial charge in [0.1, 0.15) is 12.1 Å². The summed E-state index contributed by atoms with van der Waals surface area (Å²) >= 11 is 0. The van der Waals surface area contributed by atoms with Crippen molar-refractivity contribution in [3.05, 3.63) is 35.4 Å². The smallest absolute Gasteiger partial charge is 0.251 e. The van der Waals surface area contributed by atoms with E-state index in [9.17, 15) is 18.4 Å². The zero-order valence-corrected chi connectivity index (χ0v) is 16.6. The Morgan fingerprint density at radius 1 is 1.07 bits per heavy atom. The maximum Gasteiger partial charge on any atom is 0.251 e. The minimum absolute atomic E-state index is 0.00895. The predicted molar refractivity (Wildman–Crippen MR) is 102 cm³/mol. The molecule has 7 heteroatoms. The van der Waals surface area contributed by atoms with Crippen LogP contribution in [0.1, 0.15) is 51.5 Å². The zero-order chi connectivity index (χ0) is 20.3. The fourth-order valence-electron chi connectivity index (χ4n) is 4.38. The fraction of sp³-hybridized carbons (Fsp3) is 0.619. The van der Waals surface area contributed by atoms with Crippen molar-refractivity contribution in [2.75, 3.05) is 19.6 Å². The molecule has 0 bridgehead atoms. The summed E-state index contributed by atoms with van der Waals surface area (Å²) in [5.74, 6) is -1.99. The van der Waals surface area contributed by atoms with Crippen LogP contribution in [0.15, 0.2) is 18.2 Å². The molecule has 4 rings (SSSR count). The lowest BCUT2D eigenvalue weighted by Gasteiger charge is -2.55. The number of nitrogens with zero attached hydrogens (tertiary/aromatic N) is 2. The van der Waals surface area contributed by atoms with Crippen molar-refractivity contribution < 1.29 is 18.4 Å². The molecule has 3 aliphatic rings. The van der Waals surface area contributed by atoms with Crippen molar-refractivity contribution >= 4 is 11.8 Å². The third kappa shape index (κ3) is 3.64. The van der Waals surface area contributed by atoms with E-state index in [-0.39, 0.29) is 30.9 Å². The molecule has 5 nitrogen and oxygen atoms in total. The van der Waals surface area contributed by atoms with E-state index in [1.165, 1.54) is 12.5 Å². The van der Waals surface area contributed by atoms with Gasteiger partial charge < -0.3 is 15.1 Å². The number of benzene rings is 1. The number of rotatable bonds is 3. The molecule has 1 spiro atoms. The van der Waals surface area contributed by atoms with Gasteiger partial charge in [-0.2, -0.15) is 0 Å². The topological polar surface area (TPSA) is 52.7 Å². The van der Waals surface area contributed by atoms with Gasteiger partial charge in [-0.15, -0.1) is 0 Å². The Labute approximate surface area is 165 Å². The lowest BCUT2D eigenvalue weighted by atomic mass is 9.83. The van der Waals surface area contributed by atoms with Crippen LogP contribution < -0.4 is 5.32 Å². The number of hydrogen-bond acceptors (Lipinski definition) is 3. The second-order valence-corrected chi connectivity index (χ2v) is 7.59. The Hall–Kier alpha value is -2.02. The molecule has 2 saturated heterocycles. The van der Waals surface area contributed by atoms with Crippen molar-refractivity contribution in [1.29, 1.82) is 0 Å². The lowest BCUT2D eigenvalue weighted by molar-refractivity contribution is -0.173. The van der Waals surface area contributed by atoms with Gasteiger partial charge in [0.2, 0.25) is 5.91 Å². The number of nitrogens with one attached hydrogen (secondary N) is 1. The third-order valence-electron chi connectivity index (χ3n) is 5.96. The van der Waals surface area contributed by atoms with Crippen LogP contribution in [-0.2, 0) is 16.1 Å². The Kier molecular flexibility index (Phi) is 6.33. The fourth-order valence-corrected chi connectivity index (χ4v) is 4.38. The molecule has 1 aliphatic carbocycles. The molecule has 2 amide bonds. The minimum Gasteiger partial charge on any atom is -0.328 e. The lowest BCUT2D eigenvalue weighted by Crippen LogP contribution is -2.80. The third-order valence-corrected chi connectivity index (χ3v) is 5.96. The normalized spacial score (nSPS) is 22.0. The summed E-state index contributed by atoms with van der Waals surface area (Å²) in [4.78, 5) is 29.5.